The maximum Gasteiger partial charge on any atom is 0.142 e. The van der Waals surface area contributed by atoms with Gasteiger partial charge in [0.15, 0.2) is 0 Å². The molecular formula is C18H11N5. The van der Waals surface area contributed by atoms with Gasteiger partial charge in [0.05, 0.1) is 17.3 Å². The van der Waals surface area contributed by atoms with Crippen LogP contribution in [0.2, 0.25) is 0 Å². The second-order valence-electron chi connectivity index (χ2n) is 4.85. The van der Waals surface area contributed by atoms with Crippen molar-refractivity contribution in [1.29, 1.82) is 10.5 Å². The number of aromatic nitrogens is 2. The lowest BCUT2D eigenvalue weighted by Crippen LogP contribution is -1.99. The minimum atomic E-state index is 0.182. The van der Waals surface area contributed by atoms with E-state index >= 15 is 0 Å². The van der Waals surface area contributed by atoms with Crippen LogP contribution < -0.4 is 5.73 Å². The predicted octanol–water partition coefficient (Wildman–Crippen LogP) is 3.14. The van der Waals surface area contributed by atoms with Crippen LogP contribution in [0.4, 0.5) is 5.82 Å². The number of nitrogens with zero attached hydrogens (tertiary/aromatic N) is 4. The Morgan fingerprint density at radius 2 is 1.57 bits per heavy atom. The van der Waals surface area contributed by atoms with Crippen molar-refractivity contribution < 1.29 is 0 Å². The summed E-state index contributed by atoms with van der Waals surface area (Å²) in [5, 5.41) is 18.3. The van der Waals surface area contributed by atoms with Crippen molar-refractivity contribution in [2.75, 3.05) is 5.73 Å². The van der Waals surface area contributed by atoms with Crippen molar-refractivity contribution in [2.24, 2.45) is 0 Å². The first-order valence-corrected chi connectivity index (χ1v) is 6.84. The molecule has 0 unspecified atom stereocenters. The Hall–Kier alpha value is -3.70. The summed E-state index contributed by atoms with van der Waals surface area (Å²) in [6.45, 7) is 0. The Kier molecular flexibility index (Phi) is 3.70. The van der Waals surface area contributed by atoms with Gasteiger partial charge in [-0.05, 0) is 35.9 Å². The van der Waals surface area contributed by atoms with Crippen LogP contribution in [0.3, 0.4) is 0 Å². The van der Waals surface area contributed by atoms with Crippen LogP contribution in [0.25, 0.3) is 22.4 Å². The van der Waals surface area contributed by atoms with Gasteiger partial charge in [-0.3, -0.25) is 4.98 Å². The molecule has 0 saturated carbocycles. The number of nitrogen functional groups attached to an aromatic ring is 1. The van der Waals surface area contributed by atoms with Crippen LogP contribution in [0.15, 0.2) is 54.9 Å². The Morgan fingerprint density at radius 1 is 0.870 bits per heavy atom. The van der Waals surface area contributed by atoms with E-state index in [-0.39, 0.29) is 5.82 Å². The van der Waals surface area contributed by atoms with Crippen LogP contribution >= 0.6 is 0 Å². The van der Waals surface area contributed by atoms with Gasteiger partial charge < -0.3 is 5.73 Å². The van der Waals surface area contributed by atoms with Crippen LogP contribution in [-0.2, 0) is 0 Å². The lowest BCUT2D eigenvalue weighted by molar-refractivity contribution is 1.28. The number of anilines is 1. The zero-order valence-electron chi connectivity index (χ0n) is 12.1. The highest BCUT2D eigenvalue weighted by Gasteiger charge is 2.13. The van der Waals surface area contributed by atoms with Gasteiger partial charge in [-0.1, -0.05) is 12.1 Å². The second kappa shape index (κ2) is 5.97. The molecule has 2 N–H and O–H groups in total. The average molecular weight is 297 g/mol. The topological polar surface area (TPSA) is 99.4 Å². The molecule has 5 heteroatoms. The predicted molar refractivity (Wildman–Crippen MR) is 86.7 cm³/mol. The standard InChI is InChI=1S/C18H11N5/c19-10-12-1-3-13(4-2-12)15-9-17(14-5-7-22-8-6-14)23-18(21)16(15)11-20/h1-9H,(H2,21,23). The largest absolute Gasteiger partial charge is 0.383 e. The van der Waals surface area contributed by atoms with Gasteiger partial charge in [-0.15, -0.1) is 0 Å². The summed E-state index contributed by atoms with van der Waals surface area (Å²) in [5.41, 5.74) is 9.88. The Morgan fingerprint density at radius 3 is 2.17 bits per heavy atom. The normalized spacial score (nSPS) is 9.83. The van der Waals surface area contributed by atoms with E-state index in [0.29, 0.717) is 22.4 Å². The van der Waals surface area contributed by atoms with Crippen molar-refractivity contribution in [2.45, 2.75) is 0 Å². The quantitative estimate of drug-likeness (QED) is 0.783. The highest BCUT2D eigenvalue weighted by atomic mass is 14.8. The first-order chi connectivity index (χ1) is 11.2. The Balaban J connectivity index is 2.20. The lowest BCUT2D eigenvalue weighted by Gasteiger charge is -2.10. The van der Waals surface area contributed by atoms with Crippen molar-refractivity contribution >= 4 is 5.82 Å². The zero-order chi connectivity index (χ0) is 16.2. The summed E-state index contributed by atoms with van der Waals surface area (Å²) >= 11 is 0. The maximum atomic E-state index is 9.39. The monoisotopic (exact) mass is 297 g/mol. The fourth-order valence-electron chi connectivity index (χ4n) is 2.30. The van der Waals surface area contributed by atoms with Crippen molar-refractivity contribution in [3.05, 3.63) is 66.0 Å². The summed E-state index contributed by atoms with van der Waals surface area (Å²) in [6.07, 6.45) is 3.35. The molecule has 0 spiro atoms. The molecule has 3 rings (SSSR count). The summed E-state index contributed by atoms with van der Waals surface area (Å²) < 4.78 is 0. The van der Waals surface area contributed by atoms with Gasteiger partial charge in [0, 0.05) is 23.5 Å². The molecule has 0 fully saturated rings. The van der Waals surface area contributed by atoms with E-state index in [1.165, 1.54) is 0 Å². The van der Waals surface area contributed by atoms with Gasteiger partial charge in [0.2, 0.25) is 0 Å². The van der Waals surface area contributed by atoms with Gasteiger partial charge in [-0.25, -0.2) is 4.98 Å². The molecule has 0 amide bonds. The third kappa shape index (κ3) is 2.72. The Bertz CT molecular complexity index is 932. The molecule has 0 atom stereocenters. The number of nitrogens with two attached hydrogens (primary N) is 1. The molecule has 5 nitrogen and oxygen atoms in total. The van der Waals surface area contributed by atoms with Crippen LogP contribution in [0, 0.1) is 22.7 Å². The number of rotatable bonds is 2. The summed E-state index contributed by atoms with van der Waals surface area (Å²) in [7, 11) is 0. The first-order valence-electron chi connectivity index (χ1n) is 6.84. The molecule has 1 aromatic carbocycles. The lowest BCUT2D eigenvalue weighted by atomic mass is 9.98. The van der Waals surface area contributed by atoms with Crippen molar-refractivity contribution in [3.8, 4) is 34.5 Å². The molecule has 2 heterocycles. The highest BCUT2D eigenvalue weighted by Crippen LogP contribution is 2.31. The first kappa shape index (κ1) is 14.2. The summed E-state index contributed by atoms with van der Waals surface area (Å²) in [4.78, 5) is 8.29. The Labute approximate surface area is 133 Å². The number of hydrogen-bond acceptors (Lipinski definition) is 5. The van der Waals surface area contributed by atoms with E-state index in [2.05, 4.69) is 22.1 Å². The third-order valence-corrected chi connectivity index (χ3v) is 3.46. The fourth-order valence-corrected chi connectivity index (χ4v) is 2.30. The number of pyridine rings is 2. The summed E-state index contributed by atoms with van der Waals surface area (Å²) in [5.74, 6) is 0.182. The van der Waals surface area contributed by atoms with Crippen LogP contribution in [-0.4, -0.2) is 9.97 Å². The van der Waals surface area contributed by atoms with Crippen LogP contribution in [0.5, 0.6) is 0 Å². The van der Waals surface area contributed by atoms with E-state index in [4.69, 9.17) is 11.0 Å². The SMILES string of the molecule is N#Cc1ccc(-c2cc(-c3ccncc3)nc(N)c2C#N)cc1. The van der Waals surface area contributed by atoms with Gasteiger partial charge >= 0.3 is 0 Å². The molecule has 23 heavy (non-hydrogen) atoms. The zero-order valence-corrected chi connectivity index (χ0v) is 12.1. The minimum absolute atomic E-state index is 0.182. The van der Waals surface area contributed by atoms with E-state index in [9.17, 15) is 5.26 Å². The van der Waals surface area contributed by atoms with E-state index in [1.54, 1.807) is 36.7 Å². The van der Waals surface area contributed by atoms with E-state index in [1.807, 2.05) is 18.2 Å². The fraction of sp³-hybridized carbons (Fsp3) is 0. The minimum Gasteiger partial charge on any atom is -0.383 e. The van der Waals surface area contributed by atoms with Gasteiger partial charge in [0.1, 0.15) is 17.5 Å². The third-order valence-electron chi connectivity index (χ3n) is 3.46. The highest BCUT2D eigenvalue weighted by molar-refractivity contribution is 5.80. The molecule has 0 bridgehead atoms. The van der Waals surface area contributed by atoms with E-state index in [0.717, 1.165) is 11.1 Å². The van der Waals surface area contributed by atoms with Gasteiger partial charge in [0.25, 0.3) is 0 Å². The average Bonchev–Trinajstić information content (AvgIpc) is 2.62. The number of benzene rings is 1. The molecule has 3 aromatic rings. The summed E-state index contributed by atoms with van der Waals surface area (Å²) in [6, 6.07) is 16.7. The van der Waals surface area contributed by atoms with E-state index < -0.39 is 0 Å². The number of hydrogen-bond donors (Lipinski definition) is 1. The van der Waals surface area contributed by atoms with Crippen LogP contribution in [0.1, 0.15) is 11.1 Å². The van der Waals surface area contributed by atoms with Gasteiger partial charge in [-0.2, -0.15) is 10.5 Å². The second-order valence-corrected chi connectivity index (χ2v) is 4.85. The molecule has 0 radical (unpaired) electrons. The molecule has 0 aliphatic heterocycles. The molecule has 0 aliphatic carbocycles. The molecule has 2 aromatic heterocycles. The maximum absolute atomic E-state index is 9.39. The van der Waals surface area contributed by atoms with Crippen molar-refractivity contribution in [3.63, 3.8) is 0 Å². The smallest absolute Gasteiger partial charge is 0.142 e. The molecule has 0 aliphatic rings. The molecular weight excluding hydrogens is 286 g/mol. The molecule has 0 saturated heterocycles. The number of nitriles is 2. The molecule has 108 valence electrons. The van der Waals surface area contributed by atoms with Crippen molar-refractivity contribution in [1.82, 2.24) is 9.97 Å².